The van der Waals surface area contributed by atoms with Gasteiger partial charge >= 0.3 is 0 Å². The Bertz CT molecular complexity index is 635. The van der Waals surface area contributed by atoms with E-state index in [0.717, 1.165) is 26.9 Å². The van der Waals surface area contributed by atoms with Crippen LogP contribution in [0.25, 0.3) is 0 Å². The summed E-state index contributed by atoms with van der Waals surface area (Å²) in [6.45, 7) is 5.65. The Kier molecular flexibility index (Phi) is 3.80. The van der Waals surface area contributed by atoms with Crippen LogP contribution in [-0.4, -0.2) is 16.0 Å². The molecule has 6 heteroatoms. The van der Waals surface area contributed by atoms with Gasteiger partial charge in [0, 0.05) is 16.3 Å². The Morgan fingerprint density at radius 2 is 2.11 bits per heavy atom. The Morgan fingerprint density at radius 1 is 1.37 bits per heavy atom. The number of hydrogen-bond acceptors (Lipinski definition) is 5. The fourth-order valence-corrected chi connectivity index (χ4v) is 2.97. The average molecular weight is 277 g/mol. The van der Waals surface area contributed by atoms with Crippen molar-refractivity contribution in [2.75, 3.05) is 0 Å². The number of rotatable bonds is 3. The van der Waals surface area contributed by atoms with Gasteiger partial charge in [-0.15, -0.1) is 0 Å². The van der Waals surface area contributed by atoms with Gasteiger partial charge in [-0.2, -0.15) is 0 Å². The molecule has 0 saturated carbocycles. The number of furan rings is 1. The second-order valence-electron chi connectivity index (χ2n) is 4.15. The second-order valence-corrected chi connectivity index (χ2v) is 5.23. The Morgan fingerprint density at radius 3 is 2.68 bits per heavy atom. The average Bonchev–Trinajstić information content (AvgIpc) is 2.73. The normalized spacial score (nSPS) is 11.8. The molecule has 0 radical (unpaired) electrons. The van der Waals surface area contributed by atoms with Gasteiger partial charge in [-0.1, -0.05) is 16.9 Å². The van der Waals surface area contributed by atoms with Crippen molar-refractivity contribution in [3.8, 4) is 0 Å². The molecule has 0 saturated heterocycles. The van der Waals surface area contributed by atoms with Gasteiger partial charge in [0.05, 0.1) is 16.7 Å². The molecule has 0 aliphatic heterocycles. The van der Waals surface area contributed by atoms with Crippen LogP contribution in [0.15, 0.2) is 37.8 Å². The Hall–Kier alpha value is -1.95. The summed E-state index contributed by atoms with van der Waals surface area (Å²) in [4.78, 5) is 6.24. The zero-order valence-corrected chi connectivity index (χ0v) is 11.8. The maximum absolute atomic E-state index is 8.89. The van der Waals surface area contributed by atoms with Gasteiger partial charge in [-0.25, -0.2) is 0 Å². The lowest BCUT2D eigenvalue weighted by Crippen LogP contribution is -2.17. The highest BCUT2D eigenvalue weighted by molar-refractivity contribution is 7.99. The van der Waals surface area contributed by atoms with Gasteiger partial charge in [-0.05, 0) is 32.9 Å². The maximum atomic E-state index is 8.89. The molecule has 0 spiro atoms. The minimum Gasteiger partial charge on any atom is -0.468 e. The number of pyridine rings is 1. The van der Waals surface area contributed by atoms with Crippen molar-refractivity contribution in [2.24, 2.45) is 10.9 Å². The maximum Gasteiger partial charge on any atom is 0.173 e. The lowest BCUT2D eigenvalue weighted by molar-refractivity contribution is 0.318. The first-order valence-electron chi connectivity index (χ1n) is 5.71. The summed E-state index contributed by atoms with van der Waals surface area (Å²) in [5.41, 5.74) is 8.01. The third-order valence-electron chi connectivity index (χ3n) is 2.69. The van der Waals surface area contributed by atoms with E-state index in [1.807, 2.05) is 32.9 Å². The quantitative estimate of drug-likeness (QED) is 0.390. The molecule has 100 valence electrons. The summed E-state index contributed by atoms with van der Waals surface area (Å²) in [5, 5.41) is 12.0. The van der Waals surface area contributed by atoms with Crippen molar-refractivity contribution in [1.29, 1.82) is 0 Å². The summed E-state index contributed by atoms with van der Waals surface area (Å²) in [7, 11) is 0. The highest BCUT2D eigenvalue weighted by Crippen LogP contribution is 2.34. The summed E-state index contributed by atoms with van der Waals surface area (Å²) in [6, 6.07) is 3.80. The summed E-state index contributed by atoms with van der Waals surface area (Å²) in [6.07, 6.45) is 1.64. The molecule has 0 bridgehead atoms. The van der Waals surface area contributed by atoms with Gasteiger partial charge in [-0.3, -0.25) is 4.98 Å². The zero-order valence-electron chi connectivity index (χ0n) is 11.0. The number of nitrogens with two attached hydrogens (primary N) is 1. The molecule has 0 unspecified atom stereocenters. The van der Waals surface area contributed by atoms with Crippen molar-refractivity contribution < 1.29 is 9.62 Å². The van der Waals surface area contributed by atoms with Crippen LogP contribution in [0.5, 0.6) is 0 Å². The highest BCUT2D eigenvalue weighted by atomic mass is 32.2. The van der Waals surface area contributed by atoms with Crippen LogP contribution < -0.4 is 5.73 Å². The fraction of sp³-hybridized carbons (Fsp3) is 0.231. The molecular weight excluding hydrogens is 262 g/mol. The van der Waals surface area contributed by atoms with Crippen molar-refractivity contribution in [3.05, 3.63) is 41.1 Å². The molecular formula is C13H15N3O2S. The van der Waals surface area contributed by atoms with Crippen LogP contribution in [0.3, 0.4) is 0 Å². The van der Waals surface area contributed by atoms with Crippen LogP contribution in [-0.2, 0) is 0 Å². The summed E-state index contributed by atoms with van der Waals surface area (Å²) < 4.78 is 5.28. The molecule has 0 aliphatic carbocycles. The molecule has 2 aromatic rings. The molecule has 2 aromatic heterocycles. The third kappa shape index (κ3) is 2.73. The van der Waals surface area contributed by atoms with Gasteiger partial charge in [0.2, 0.25) is 0 Å². The summed E-state index contributed by atoms with van der Waals surface area (Å²) >= 11 is 1.51. The van der Waals surface area contributed by atoms with Crippen LogP contribution >= 0.6 is 11.8 Å². The molecule has 0 atom stereocenters. The van der Waals surface area contributed by atoms with Crippen LogP contribution in [0.2, 0.25) is 0 Å². The first-order chi connectivity index (χ1) is 9.02. The van der Waals surface area contributed by atoms with Crippen molar-refractivity contribution in [2.45, 2.75) is 30.6 Å². The topological polar surface area (TPSA) is 84.6 Å². The number of aromatic nitrogens is 1. The van der Waals surface area contributed by atoms with Crippen molar-refractivity contribution in [3.63, 3.8) is 0 Å². The van der Waals surface area contributed by atoms with Gasteiger partial charge in [0.25, 0.3) is 0 Å². The Balaban J connectivity index is 2.52. The number of oxime groups is 1. The number of amidine groups is 1. The van der Waals surface area contributed by atoms with E-state index in [1.54, 1.807) is 6.26 Å². The predicted molar refractivity (Wildman–Crippen MR) is 73.8 cm³/mol. The molecule has 0 amide bonds. The van der Waals surface area contributed by atoms with Gasteiger partial charge in [0.1, 0.15) is 5.76 Å². The molecule has 19 heavy (non-hydrogen) atoms. The molecule has 5 nitrogen and oxygen atoms in total. The van der Waals surface area contributed by atoms with E-state index < -0.39 is 0 Å². The van der Waals surface area contributed by atoms with Gasteiger partial charge in [0.15, 0.2) is 5.84 Å². The Labute approximate surface area is 115 Å². The number of nitrogens with zero attached hydrogens (tertiary/aromatic N) is 2. The standard InChI is InChI=1S/C13H15N3O2S/c1-7-6-11(19-10-4-5-18-9(10)3)12(8(2)15-7)13(14)16-17/h4-6,17H,1-3H3,(H2,14,16). The van der Waals surface area contributed by atoms with Crippen LogP contribution in [0, 0.1) is 20.8 Å². The minimum atomic E-state index is 0.0636. The van der Waals surface area contributed by atoms with Crippen molar-refractivity contribution in [1.82, 2.24) is 4.98 Å². The van der Waals surface area contributed by atoms with Crippen LogP contribution in [0.4, 0.5) is 0 Å². The monoisotopic (exact) mass is 277 g/mol. The predicted octanol–water partition coefficient (Wildman–Crippen LogP) is 2.85. The second kappa shape index (κ2) is 5.36. The number of hydrogen-bond donors (Lipinski definition) is 2. The zero-order chi connectivity index (χ0) is 14.0. The lowest BCUT2D eigenvalue weighted by Gasteiger charge is -2.11. The van der Waals surface area contributed by atoms with Crippen LogP contribution in [0.1, 0.15) is 22.7 Å². The van der Waals surface area contributed by atoms with E-state index in [2.05, 4.69) is 10.1 Å². The smallest absolute Gasteiger partial charge is 0.173 e. The minimum absolute atomic E-state index is 0.0636. The van der Waals surface area contributed by atoms with E-state index in [9.17, 15) is 0 Å². The van der Waals surface area contributed by atoms with E-state index in [4.69, 9.17) is 15.4 Å². The molecule has 3 N–H and O–H groups in total. The molecule has 2 rings (SSSR count). The van der Waals surface area contributed by atoms with E-state index in [-0.39, 0.29) is 5.84 Å². The third-order valence-corrected chi connectivity index (χ3v) is 3.87. The van der Waals surface area contributed by atoms with E-state index in [0.29, 0.717) is 5.56 Å². The first kappa shape index (κ1) is 13.5. The van der Waals surface area contributed by atoms with Crippen molar-refractivity contribution >= 4 is 17.6 Å². The van der Waals surface area contributed by atoms with E-state index in [1.165, 1.54) is 11.8 Å². The summed E-state index contributed by atoms with van der Waals surface area (Å²) in [5.74, 6) is 0.899. The molecule has 0 aliphatic rings. The van der Waals surface area contributed by atoms with Gasteiger partial charge < -0.3 is 15.4 Å². The lowest BCUT2D eigenvalue weighted by atomic mass is 10.1. The van der Waals surface area contributed by atoms with E-state index >= 15 is 0 Å². The fourth-order valence-electron chi connectivity index (χ4n) is 1.83. The largest absolute Gasteiger partial charge is 0.468 e. The highest BCUT2D eigenvalue weighted by Gasteiger charge is 2.15. The first-order valence-corrected chi connectivity index (χ1v) is 6.52. The molecule has 0 fully saturated rings. The SMILES string of the molecule is Cc1cc(Sc2ccoc2C)c(/C(N)=N/O)c(C)n1. The molecule has 2 heterocycles. The molecule has 0 aromatic carbocycles. The number of aryl methyl sites for hydroxylation is 3.